The second-order valence-corrected chi connectivity index (χ2v) is 8.14. The minimum atomic E-state index is -3.73. The van der Waals surface area contributed by atoms with Gasteiger partial charge in [0.25, 0.3) is 11.6 Å². The van der Waals surface area contributed by atoms with Gasteiger partial charge in [-0.2, -0.15) is 0 Å². The van der Waals surface area contributed by atoms with E-state index in [-0.39, 0.29) is 17.0 Å². The Morgan fingerprint density at radius 1 is 1.24 bits per heavy atom. The molecule has 2 aromatic rings. The van der Waals surface area contributed by atoms with E-state index >= 15 is 0 Å². The third-order valence-corrected chi connectivity index (χ3v) is 4.72. The topological polar surface area (TPSA) is 106 Å². The Morgan fingerprint density at radius 3 is 2.48 bits per heavy atom. The van der Waals surface area contributed by atoms with E-state index in [1.165, 1.54) is 12.1 Å². The monoisotopic (exact) mass is 430 g/mol. The van der Waals surface area contributed by atoms with E-state index in [0.29, 0.717) is 10.0 Å². The van der Waals surface area contributed by atoms with Gasteiger partial charge in [-0.1, -0.05) is 15.9 Å². The van der Waals surface area contributed by atoms with Crippen molar-refractivity contribution in [2.24, 2.45) is 0 Å². The molecular weight excluding hydrogens is 419 g/mol. The Kier molecular flexibility index (Phi) is 5.53. The van der Waals surface area contributed by atoms with Crippen LogP contribution in [0.1, 0.15) is 15.9 Å². The van der Waals surface area contributed by atoms with Crippen LogP contribution in [0.3, 0.4) is 0 Å². The Hall–Kier alpha value is -2.33. The first-order valence-electron chi connectivity index (χ1n) is 6.79. The third-order valence-electron chi connectivity index (χ3n) is 3.17. The normalized spacial score (nSPS) is 11.2. The summed E-state index contributed by atoms with van der Waals surface area (Å²) < 4.78 is 37.1. The summed E-state index contributed by atoms with van der Waals surface area (Å²) >= 11 is 3.13. The summed E-state index contributed by atoms with van der Waals surface area (Å²) in [5, 5.41) is 13.4. The molecule has 132 valence electrons. The number of benzene rings is 2. The minimum absolute atomic E-state index is 0.0356. The van der Waals surface area contributed by atoms with Gasteiger partial charge in [0.2, 0.25) is 0 Å². The highest BCUT2D eigenvalue weighted by molar-refractivity contribution is 9.10. The number of carbonyl (C=O) groups excluding carboxylic acids is 1. The van der Waals surface area contributed by atoms with Crippen LogP contribution in [0.15, 0.2) is 45.8 Å². The standard InChI is InChI=1S/C15H12BrFN2O5S/c1-25(23,24)14-5-10(4-13(7-14)19(21)22)15(20)18-8-9-2-11(16)6-12(17)3-9/h2-7H,8H2,1H3,(H,18,20). The molecule has 0 fully saturated rings. The van der Waals surface area contributed by atoms with Crippen LogP contribution in [0.25, 0.3) is 0 Å². The molecule has 0 atom stereocenters. The zero-order valence-electron chi connectivity index (χ0n) is 12.8. The fraction of sp³-hybridized carbons (Fsp3) is 0.133. The number of halogens is 2. The van der Waals surface area contributed by atoms with E-state index in [1.807, 2.05) is 0 Å². The Morgan fingerprint density at radius 2 is 1.92 bits per heavy atom. The van der Waals surface area contributed by atoms with E-state index < -0.39 is 32.2 Å². The highest BCUT2D eigenvalue weighted by Gasteiger charge is 2.19. The van der Waals surface area contributed by atoms with Crippen molar-refractivity contribution in [1.82, 2.24) is 5.32 Å². The van der Waals surface area contributed by atoms with Gasteiger partial charge in [0, 0.05) is 35.0 Å². The van der Waals surface area contributed by atoms with Crippen molar-refractivity contribution in [3.63, 3.8) is 0 Å². The number of carbonyl (C=O) groups is 1. The molecule has 0 aliphatic rings. The van der Waals surface area contributed by atoms with Crippen LogP contribution >= 0.6 is 15.9 Å². The molecule has 0 aliphatic heterocycles. The lowest BCUT2D eigenvalue weighted by Gasteiger charge is -2.08. The molecule has 0 saturated carbocycles. The smallest absolute Gasteiger partial charge is 0.271 e. The van der Waals surface area contributed by atoms with E-state index in [1.54, 1.807) is 6.07 Å². The Labute approximate surface area is 151 Å². The SMILES string of the molecule is CS(=O)(=O)c1cc(C(=O)NCc2cc(F)cc(Br)c2)cc([N+](=O)[O-])c1. The highest BCUT2D eigenvalue weighted by Crippen LogP contribution is 2.21. The maximum atomic E-state index is 13.3. The average Bonchev–Trinajstić information content (AvgIpc) is 2.50. The number of amides is 1. The summed E-state index contributed by atoms with van der Waals surface area (Å²) in [6.07, 6.45) is 0.887. The fourth-order valence-corrected chi connectivity index (χ4v) is 3.22. The predicted octanol–water partition coefficient (Wildman–Crippen LogP) is 2.83. The zero-order chi connectivity index (χ0) is 18.8. The number of non-ortho nitro benzene ring substituents is 1. The number of sulfone groups is 1. The van der Waals surface area contributed by atoms with E-state index in [4.69, 9.17) is 0 Å². The fourth-order valence-electron chi connectivity index (χ4n) is 2.03. The molecule has 0 heterocycles. The first-order valence-corrected chi connectivity index (χ1v) is 9.47. The molecule has 0 unspecified atom stereocenters. The number of hydrogen-bond donors (Lipinski definition) is 1. The molecule has 1 N–H and O–H groups in total. The van der Waals surface area contributed by atoms with Crippen molar-refractivity contribution in [3.8, 4) is 0 Å². The average molecular weight is 431 g/mol. The molecule has 0 aromatic heterocycles. The molecule has 1 amide bonds. The second kappa shape index (κ2) is 7.28. The van der Waals surface area contributed by atoms with Crippen molar-refractivity contribution >= 4 is 37.4 Å². The Bertz CT molecular complexity index is 942. The van der Waals surface area contributed by atoms with E-state index in [2.05, 4.69) is 21.2 Å². The number of nitro groups is 1. The van der Waals surface area contributed by atoms with Crippen LogP contribution in [0.4, 0.5) is 10.1 Å². The molecule has 7 nitrogen and oxygen atoms in total. The van der Waals surface area contributed by atoms with Crippen molar-refractivity contribution < 1.29 is 22.5 Å². The van der Waals surface area contributed by atoms with Crippen molar-refractivity contribution in [3.05, 3.63) is 67.9 Å². The lowest BCUT2D eigenvalue weighted by molar-refractivity contribution is -0.385. The van der Waals surface area contributed by atoms with Crippen LogP contribution in [-0.2, 0) is 16.4 Å². The Balaban J connectivity index is 2.29. The first-order chi connectivity index (χ1) is 11.6. The minimum Gasteiger partial charge on any atom is -0.348 e. The number of nitrogens with one attached hydrogen (secondary N) is 1. The van der Waals surface area contributed by atoms with Crippen LogP contribution in [-0.4, -0.2) is 25.5 Å². The zero-order valence-corrected chi connectivity index (χ0v) is 15.2. The summed E-state index contributed by atoms with van der Waals surface area (Å²) in [4.78, 5) is 22.0. The molecular formula is C15H12BrFN2O5S. The van der Waals surface area contributed by atoms with Crippen LogP contribution < -0.4 is 5.32 Å². The number of nitro benzene ring substituents is 1. The molecule has 2 rings (SSSR count). The lowest BCUT2D eigenvalue weighted by atomic mass is 10.1. The van der Waals surface area contributed by atoms with E-state index in [9.17, 15) is 27.7 Å². The number of rotatable bonds is 5. The van der Waals surface area contributed by atoms with Gasteiger partial charge in [-0.25, -0.2) is 12.8 Å². The quantitative estimate of drug-likeness (QED) is 0.579. The maximum Gasteiger partial charge on any atom is 0.271 e. The van der Waals surface area contributed by atoms with Crippen molar-refractivity contribution in [1.29, 1.82) is 0 Å². The van der Waals surface area contributed by atoms with Crippen LogP contribution in [0.2, 0.25) is 0 Å². The van der Waals surface area contributed by atoms with Gasteiger partial charge in [0.15, 0.2) is 9.84 Å². The van der Waals surface area contributed by atoms with Gasteiger partial charge < -0.3 is 5.32 Å². The second-order valence-electron chi connectivity index (χ2n) is 5.21. The number of hydrogen-bond acceptors (Lipinski definition) is 5. The molecule has 25 heavy (non-hydrogen) atoms. The molecule has 0 spiro atoms. The molecule has 0 saturated heterocycles. The molecule has 10 heteroatoms. The van der Waals surface area contributed by atoms with Gasteiger partial charge in [0.05, 0.1) is 9.82 Å². The predicted molar refractivity (Wildman–Crippen MR) is 91.5 cm³/mol. The van der Waals surface area contributed by atoms with Crippen molar-refractivity contribution in [2.75, 3.05) is 6.26 Å². The summed E-state index contributed by atoms with van der Waals surface area (Å²) in [5.74, 6) is -1.21. The first kappa shape index (κ1) is 19.0. The van der Waals surface area contributed by atoms with Crippen LogP contribution in [0, 0.1) is 15.9 Å². The lowest BCUT2D eigenvalue weighted by Crippen LogP contribution is -2.23. The molecule has 0 bridgehead atoms. The molecule has 0 radical (unpaired) electrons. The van der Waals surface area contributed by atoms with Gasteiger partial charge in [-0.05, 0) is 29.8 Å². The largest absolute Gasteiger partial charge is 0.348 e. The maximum absolute atomic E-state index is 13.3. The van der Waals surface area contributed by atoms with Crippen molar-refractivity contribution in [2.45, 2.75) is 11.4 Å². The van der Waals surface area contributed by atoms with Crippen LogP contribution in [0.5, 0.6) is 0 Å². The summed E-state index contributed by atoms with van der Waals surface area (Å²) in [6, 6.07) is 6.99. The number of nitrogens with zero attached hydrogens (tertiary/aromatic N) is 1. The van der Waals surface area contributed by atoms with Gasteiger partial charge in [-0.3, -0.25) is 14.9 Å². The van der Waals surface area contributed by atoms with Gasteiger partial charge >= 0.3 is 0 Å². The molecule has 0 aliphatic carbocycles. The summed E-state index contributed by atoms with van der Waals surface area (Å²) in [6.45, 7) is -0.0356. The highest BCUT2D eigenvalue weighted by atomic mass is 79.9. The summed E-state index contributed by atoms with van der Waals surface area (Å²) in [7, 11) is -3.73. The third kappa shape index (κ3) is 5.07. The molecule has 2 aromatic carbocycles. The summed E-state index contributed by atoms with van der Waals surface area (Å²) in [5.41, 5.74) is -0.222. The van der Waals surface area contributed by atoms with E-state index in [0.717, 1.165) is 24.5 Å². The van der Waals surface area contributed by atoms with Gasteiger partial charge in [0.1, 0.15) is 5.82 Å². The van der Waals surface area contributed by atoms with Gasteiger partial charge in [-0.15, -0.1) is 0 Å².